The fourth-order valence-corrected chi connectivity index (χ4v) is 3.15. The van der Waals surface area contributed by atoms with Gasteiger partial charge in [0.2, 0.25) is 5.95 Å². The smallest absolute Gasteiger partial charge is 0.265 e. The van der Waals surface area contributed by atoms with E-state index in [1.807, 2.05) is 31.5 Å². The van der Waals surface area contributed by atoms with E-state index in [2.05, 4.69) is 15.1 Å². The molecule has 2 aromatic heterocycles. The number of alkyl halides is 2. The van der Waals surface area contributed by atoms with Gasteiger partial charge in [-0.3, -0.25) is 4.68 Å². The van der Waals surface area contributed by atoms with E-state index in [1.54, 1.807) is 11.1 Å². The van der Waals surface area contributed by atoms with E-state index >= 15 is 0 Å². The molecule has 124 valence electrons. The lowest BCUT2D eigenvalue weighted by Gasteiger charge is -2.32. The Labute approximate surface area is 134 Å². The molecule has 0 aliphatic carbocycles. The molecule has 0 aromatic carbocycles. The van der Waals surface area contributed by atoms with Gasteiger partial charge in [0.15, 0.2) is 0 Å². The largest absolute Gasteiger partial charge is 0.335 e. The van der Waals surface area contributed by atoms with Gasteiger partial charge < -0.3 is 4.90 Å². The lowest BCUT2D eigenvalue weighted by molar-refractivity contribution is -0.0120. The second-order valence-electron chi connectivity index (χ2n) is 5.98. The van der Waals surface area contributed by atoms with Gasteiger partial charge in [0.25, 0.3) is 5.92 Å². The first-order chi connectivity index (χ1) is 10.9. The molecule has 0 bridgehead atoms. The van der Waals surface area contributed by atoms with Gasteiger partial charge in [0, 0.05) is 37.0 Å². The molecule has 1 saturated heterocycles. The molecule has 0 atom stereocenters. The summed E-state index contributed by atoms with van der Waals surface area (Å²) in [6.07, 6.45) is 2.02. The Morgan fingerprint density at radius 2 is 2.09 bits per heavy atom. The molecule has 0 saturated carbocycles. The summed E-state index contributed by atoms with van der Waals surface area (Å²) in [5.74, 6) is -2.30. The highest BCUT2D eigenvalue weighted by atomic mass is 19.3. The van der Waals surface area contributed by atoms with Crippen LogP contribution in [-0.4, -0.2) is 38.8 Å². The number of piperidine rings is 1. The number of nitrogens with zero attached hydrogens (tertiary/aromatic N) is 5. The second kappa shape index (κ2) is 5.86. The van der Waals surface area contributed by atoms with Crippen molar-refractivity contribution in [2.24, 2.45) is 0 Å². The van der Waals surface area contributed by atoms with E-state index in [0.29, 0.717) is 18.9 Å². The molecule has 7 heteroatoms. The van der Waals surface area contributed by atoms with E-state index in [-0.39, 0.29) is 13.0 Å². The Balaban J connectivity index is 1.96. The van der Waals surface area contributed by atoms with Crippen LogP contribution >= 0.6 is 0 Å². The number of halogens is 2. The average Bonchev–Trinajstić information content (AvgIpc) is 2.80. The molecular formula is C16H21F2N5. The van der Waals surface area contributed by atoms with Gasteiger partial charge in [-0.2, -0.15) is 5.10 Å². The number of anilines is 1. The van der Waals surface area contributed by atoms with Gasteiger partial charge in [-0.25, -0.2) is 18.7 Å². The van der Waals surface area contributed by atoms with Gasteiger partial charge >= 0.3 is 0 Å². The fraction of sp³-hybridized carbons (Fsp3) is 0.562. The van der Waals surface area contributed by atoms with Crippen LogP contribution in [0.2, 0.25) is 0 Å². The summed E-state index contributed by atoms with van der Waals surface area (Å²) in [7, 11) is 0. The van der Waals surface area contributed by atoms with Crippen molar-refractivity contribution < 1.29 is 8.78 Å². The predicted molar refractivity (Wildman–Crippen MR) is 84.8 cm³/mol. The molecule has 0 amide bonds. The van der Waals surface area contributed by atoms with E-state index in [0.717, 1.165) is 29.2 Å². The quantitative estimate of drug-likeness (QED) is 0.871. The van der Waals surface area contributed by atoms with Crippen molar-refractivity contribution >= 4 is 5.95 Å². The van der Waals surface area contributed by atoms with Crippen molar-refractivity contribution in [2.75, 3.05) is 18.0 Å². The van der Waals surface area contributed by atoms with Gasteiger partial charge in [-0.1, -0.05) is 0 Å². The molecule has 23 heavy (non-hydrogen) atoms. The molecular weight excluding hydrogens is 300 g/mol. The summed E-state index contributed by atoms with van der Waals surface area (Å²) in [6.45, 7) is 6.99. The molecule has 3 heterocycles. The Kier molecular flexibility index (Phi) is 4.04. The normalized spacial score (nSPS) is 17.5. The van der Waals surface area contributed by atoms with Crippen molar-refractivity contribution in [3.8, 4) is 11.3 Å². The zero-order valence-corrected chi connectivity index (χ0v) is 13.7. The molecule has 1 fully saturated rings. The van der Waals surface area contributed by atoms with Gasteiger partial charge in [0.1, 0.15) is 0 Å². The summed E-state index contributed by atoms with van der Waals surface area (Å²) >= 11 is 0. The topological polar surface area (TPSA) is 46.8 Å². The van der Waals surface area contributed by atoms with Crippen LogP contribution in [0.3, 0.4) is 0 Å². The molecule has 1 aliphatic heterocycles. The Morgan fingerprint density at radius 3 is 2.74 bits per heavy atom. The number of aromatic nitrogens is 4. The molecule has 3 rings (SSSR count). The summed E-state index contributed by atoms with van der Waals surface area (Å²) in [4.78, 5) is 10.3. The molecule has 0 spiro atoms. The molecule has 0 N–H and O–H groups in total. The minimum Gasteiger partial charge on any atom is -0.335 e. The molecule has 0 radical (unpaired) electrons. The second-order valence-corrected chi connectivity index (χ2v) is 5.98. The monoisotopic (exact) mass is 321 g/mol. The maximum atomic E-state index is 13.6. The van der Waals surface area contributed by atoms with Crippen molar-refractivity contribution in [3.05, 3.63) is 23.7 Å². The van der Waals surface area contributed by atoms with E-state index < -0.39 is 5.92 Å². The highest BCUT2D eigenvalue weighted by Crippen LogP contribution is 2.30. The van der Waals surface area contributed by atoms with Crippen LogP contribution in [0.1, 0.15) is 31.2 Å². The number of aryl methyl sites for hydroxylation is 2. The van der Waals surface area contributed by atoms with E-state index in [1.165, 1.54) is 0 Å². The molecule has 2 aromatic rings. The Bertz CT molecular complexity index is 710. The molecule has 0 unspecified atom stereocenters. The first-order valence-electron chi connectivity index (χ1n) is 7.91. The third kappa shape index (κ3) is 3.04. The zero-order valence-electron chi connectivity index (χ0n) is 13.7. The maximum absolute atomic E-state index is 13.6. The third-order valence-corrected chi connectivity index (χ3v) is 4.26. The molecule has 1 aliphatic rings. The van der Waals surface area contributed by atoms with Crippen molar-refractivity contribution in [3.63, 3.8) is 0 Å². The number of rotatable bonds is 3. The first kappa shape index (κ1) is 15.8. The lowest BCUT2D eigenvalue weighted by atomic mass is 10.1. The van der Waals surface area contributed by atoms with Gasteiger partial charge in [0.05, 0.1) is 17.9 Å². The Hall–Kier alpha value is -2.05. The van der Waals surface area contributed by atoms with Crippen molar-refractivity contribution in [1.82, 2.24) is 19.7 Å². The molecule has 5 nitrogen and oxygen atoms in total. The predicted octanol–water partition coefficient (Wildman–Crippen LogP) is 3.21. The van der Waals surface area contributed by atoms with Crippen LogP contribution in [0.15, 0.2) is 12.3 Å². The van der Waals surface area contributed by atoms with E-state index in [4.69, 9.17) is 0 Å². The summed E-state index contributed by atoms with van der Waals surface area (Å²) in [5.41, 5.74) is 3.61. The number of hydrogen-bond acceptors (Lipinski definition) is 4. The maximum Gasteiger partial charge on any atom is 0.265 e. The summed E-state index contributed by atoms with van der Waals surface area (Å²) in [5, 5.41) is 4.49. The highest BCUT2D eigenvalue weighted by molar-refractivity contribution is 5.65. The Morgan fingerprint density at radius 1 is 1.30 bits per heavy atom. The average molecular weight is 321 g/mol. The SMILES string of the molecule is CCn1nc(C)c(-c2ccnc(N3CCCC(F)(F)C3)n2)c1C. The van der Waals surface area contributed by atoms with E-state index in [9.17, 15) is 8.78 Å². The van der Waals surface area contributed by atoms with Crippen LogP contribution in [0, 0.1) is 13.8 Å². The zero-order chi connectivity index (χ0) is 16.6. The minimum atomic E-state index is -2.67. The van der Waals surface area contributed by atoms with Crippen molar-refractivity contribution in [2.45, 2.75) is 46.1 Å². The summed E-state index contributed by atoms with van der Waals surface area (Å²) < 4.78 is 29.2. The van der Waals surface area contributed by atoms with Crippen LogP contribution in [-0.2, 0) is 6.54 Å². The third-order valence-electron chi connectivity index (χ3n) is 4.26. The van der Waals surface area contributed by atoms with Gasteiger partial charge in [-0.15, -0.1) is 0 Å². The summed E-state index contributed by atoms with van der Waals surface area (Å²) in [6, 6.07) is 1.81. The highest BCUT2D eigenvalue weighted by Gasteiger charge is 2.36. The standard InChI is InChI=1S/C16H21F2N5/c1-4-23-12(3)14(11(2)21-23)13-6-8-19-15(20-13)22-9-5-7-16(17,18)10-22/h6,8H,4-5,7,9-10H2,1-3H3. The lowest BCUT2D eigenvalue weighted by Crippen LogP contribution is -2.43. The first-order valence-corrected chi connectivity index (χ1v) is 7.91. The van der Waals surface area contributed by atoms with Crippen LogP contribution < -0.4 is 4.90 Å². The number of hydrogen-bond donors (Lipinski definition) is 0. The van der Waals surface area contributed by atoms with Crippen molar-refractivity contribution in [1.29, 1.82) is 0 Å². The minimum absolute atomic E-state index is 0.0648. The van der Waals surface area contributed by atoms with Crippen LogP contribution in [0.25, 0.3) is 11.3 Å². The van der Waals surface area contributed by atoms with Crippen LogP contribution in [0.5, 0.6) is 0 Å². The van der Waals surface area contributed by atoms with Gasteiger partial charge in [-0.05, 0) is 33.3 Å². The fourth-order valence-electron chi connectivity index (χ4n) is 3.15. The van der Waals surface area contributed by atoms with Crippen LogP contribution in [0.4, 0.5) is 14.7 Å².